The van der Waals surface area contributed by atoms with Gasteiger partial charge in [-0.15, -0.1) is 0 Å². The highest BCUT2D eigenvalue weighted by molar-refractivity contribution is 5.98. The largest absolute Gasteiger partial charge is 0.383 e. The number of fused-ring (bicyclic) bond motifs is 3. The second kappa shape index (κ2) is 8.92. The zero-order valence-electron chi connectivity index (χ0n) is 19.2. The molecule has 7 heteroatoms. The first kappa shape index (κ1) is 21.6. The van der Waals surface area contributed by atoms with Crippen LogP contribution in [0.3, 0.4) is 0 Å². The Hall–Kier alpha value is -3.29. The molecule has 2 N–H and O–H groups in total. The molecule has 0 bridgehead atoms. The van der Waals surface area contributed by atoms with Gasteiger partial charge in [0.25, 0.3) is 0 Å². The van der Waals surface area contributed by atoms with Crippen LogP contribution >= 0.6 is 0 Å². The summed E-state index contributed by atoms with van der Waals surface area (Å²) in [6, 6.07) is 12.3. The number of rotatable bonds is 6. The maximum Gasteiger partial charge on any atom is 0.249 e. The van der Waals surface area contributed by atoms with Gasteiger partial charge in [-0.3, -0.25) is 14.7 Å². The topological polar surface area (TPSA) is 84.6 Å². The Balaban J connectivity index is 1.44. The quantitative estimate of drug-likeness (QED) is 0.493. The molecule has 1 fully saturated rings. The number of methoxy groups -OCH3 is 1. The van der Waals surface area contributed by atoms with Crippen LogP contribution in [0.15, 0.2) is 42.6 Å². The van der Waals surface area contributed by atoms with Crippen molar-refractivity contribution in [1.29, 1.82) is 0 Å². The predicted octanol–water partition coefficient (Wildman–Crippen LogP) is 2.89. The minimum absolute atomic E-state index is 0.421. The number of hydrogen-bond donors (Lipinski definition) is 1. The number of amides is 1. The average Bonchev–Trinajstić information content (AvgIpc) is 3.20. The number of carbonyl (C=O) groups is 1. The van der Waals surface area contributed by atoms with Gasteiger partial charge in [0.1, 0.15) is 0 Å². The molecule has 33 heavy (non-hydrogen) atoms. The number of nitrogens with two attached hydrogens (primary N) is 1. The smallest absolute Gasteiger partial charge is 0.249 e. The summed E-state index contributed by atoms with van der Waals surface area (Å²) in [5.41, 5.74) is 14.1. The Morgan fingerprint density at radius 1 is 1.12 bits per heavy atom. The molecule has 7 nitrogen and oxygen atoms in total. The van der Waals surface area contributed by atoms with E-state index in [1.165, 1.54) is 11.3 Å². The lowest BCUT2D eigenvalue weighted by Gasteiger charge is -2.36. The number of ether oxygens (including phenoxy) is 1. The fourth-order valence-electron chi connectivity index (χ4n) is 4.75. The zero-order valence-corrected chi connectivity index (χ0v) is 19.2. The SMILES string of the molecule is COCCN1CCN(c2ccc3c(c2)Cc2c(C(N)=O)cc(-c4ccc(C)nc4)nc2-3)CC1. The lowest BCUT2D eigenvalue weighted by Crippen LogP contribution is -2.47. The van der Waals surface area contributed by atoms with Gasteiger partial charge < -0.3 is 15.4 Å². The molecule has 3 heterocycles. The van der Waals surface area contributed by atoms with Crippen LogP contribution in [0, 0.1) is 6.92 Å². The van der Waals surface area contributed by atoms with Gasteiger partial charge in [0, 0.05) is 80.5 Å². The number of carbonyl (C=O) groups excluding carboxylic acids is 1. The number of aryl methyl sites for hydroxylation is 1. The highest BCUT2D eigenvalue weighted by Gasteiger charge is 2.27. The molecule has 2 aliphatic rings. The van der Waals surface area contributed by atoms with Crippen molar-refractivity contribution in [1.82, 2.24) is 14.9 Å². The van der Waals surface area contributed by atoms with E-state index in [1.54, 1.807) is 19.4 Å². The first-order valence-electron chi connectivity index (χ1n) is 11.4. The van der Waals surface area contributed by atoms with Crippen molar-refractivity contribution < 1.29 is 9.53 Å². The van der Waals surface area contributed by atoms with E-state index in [2.05, 4.69) is 33.0 Å². The standard InChI is InChI=1S/C26H29N5O2/c1-17-3-4-18(16-28-17)24-15-23(26(27)32)22-14-19-13-20(5-6-21(19)25(22)29-24)31-9-7-30(8-10-31)11-12-33-2/h3-6,13,15-16H,7-12,14H2,1-2H3,(H2,27,32). The predicted molar refractivity (Wildman–Crippen MR) is 129 cm³/mol. The van der Waals surface area contributed by atoms with Crippen molar-refractivity contribution in [2.75, 3.05) is 51.3 Å². The van der Waals surface area contributed by atoms with Gasteiger partial charge in [0.2, 0.25) is 5.91 Å². The molecule has 170 valence electrons. The molecular formula is C26H29N5O2. The second-order valence-corrected chi connectivity index (χ2v) is 8.77. The van der Waals surface area contributed by atoms with Crippen LogP contribution in [0.25, 0.3) is 22.5 Å². The molecular weight excluding hydrogens is 414 g/mol. The number of benzene rings is 1. The van der Waals surface area contributed by atoms with Gasteiger partial charge in [0.05, 0.1) is 18.0 Å². The van der Waals surface area contributed by atoms with E-state index in [1.807, 2.05) is 19.1 Å². The molecule has 1 amide bonds. The summed E-state index contributed by atoms with van der Waals surface area (Å²) in [6.07, 6.45) is 2.46. The van der Waals surface area contributed by atoms with Crippen molar-refractivity contribution in [2.24, 2.45) is 5.73 Å². The fourth-order valence-corrected chi connectivity index (χ4v) is 4.75. The maximum atomic E-state index is 12.3. The Kier molecular flexibility index (Phi) is 5.83. The highest BCUT2D eigenvalue weighted by atomic mass is 16.5. The minimum Gasteiger partial charge on any atom is -0.383 e. The summed E-state index contributed by atoms with van der Waals surface area (Å²) in [4.78, 5) is 26.5. The van der Waals surface area contributed by atoms with Crippen molar-refractivity contribution in [2.45, 2.75) is 13.3 Å². The van der Waals surface area contributed by atoms with Crippen LogP contribution in [0.2, 0.25) is 0 Å². The van der Waals surface area contributed by atoms with Gasteiger partial charge in [-0.05, 0) is 48.4 Å². The number of piperazine rings is 1. The summed E-state index contributed by atoms with van der Waals surface area (Å²) in [7, 11) is 1.75. The van der Waals surface area contributed by atoms with Gasteiger partial charge in [-0.25, -0.2) is 4.98 Å². The molecule has 5 rings (SSSR count). The third-order valence-corrected chi connectivity index (χ3v) is 6.66. The number of anilines is 1. The van der Waals surface area contributed by atoms with Crippen LogP contribution in [0.5, 0.6) is 0 Å². The van der Waals surface area contributed by atoms with E-state index in [4.69, 9.17) is 15.5 Å². The summed E-state index contributed by atoms with van der Waals surface area (Å²) in [5, 5.41) is 0. The molecule has 0 unspecified atom stereocenters. The third kappa shape index (κ3) is 4.21. The van der Waals surface area contributed by atoms with Crippen LogP contribution in [-0.4, -0.2) is 67.2 Å². The molecule has 0 spiro atoms. The monoisotopic (exact) mass is 443 g/mol. The van der Waals surface area contributed by atoms with E-state index >= 15 is 0 Å². The Bertz CT molecular complexity index is 1180. The molecule has 1 saturated heterocycles. The Labute approximate surface area is 194 Å². The zero-order chi connectivity index (χ0) is 22.9. The van der Waals surface area contributed by atoms with Crippen molar-refractivity contribution in [3.05, 3.63) is 65.0 Å². The van der Waals surface area contributed by atoms with Gasteiger partial charge in [0.15, 0.2) is 0 Å². The lowest BCUT2D eigenvalue weighted by atomic mass is 10.0. The third-order valence-electron chi connectivity index (χ3n) is 6.66. The van der Waals surface area contributed by atoms with Crippen LogP contribution < -0.4 is 10.6 Å². The number of pyridine rings is 2. The van der Waals surface area contributed by atoms with Crippen molar-refractivity contribution in [3.8, 4) is 22.5 Å². The maximum absolute atomic E-state index is 12.3. The van der Waals surface area contributed by atoms with E-state index in [0.717, 1.165) is 73.1 Å². The minimum atomic E-state index is -0.421. The Morgan fingerprint density at radius 2 is 1.94 bits per heavy atom. The molecule has 1 aromatic carbocycles. The fraction of sp³-hybridized carbons (Fsp3) is 0.346. The molecule has 3 aromatic rings. The molecule has 1 aliphatic carbocycles. The van der Waals surface area contributed by atoms with Crippen LogP contribution in [-0.2, 0) is 11.2 Å². The summed E-state index contributed by atoms with van der Waals surface area (Å²) >= 11 is 0. The molecule has 0 radical (unpaired) electrons. The van der Waals surface area contributed by atoms with Gasteiger partial charge >= 0.3 is 0 Å². The van der Waals surface area contributed by atoms with E-state index in [0.29, 0.717) is 12.0 Å². The van der Waals surface area contributed by atoms with Crippen molar-refractivity contribution in [3.63, 3.8) is 0 Å². The van der Waals surface area contributed by atoms with Crippen molar-refractivity contribution >= 4 is 11.6 Å². The highest BCUT2D eigenvalue weighted by Crippen LogP contribution is 2.40. The van der Waals surface area contributed by atoms with Crippen LogP contribution in [0.1, 0.15) is 27.2 Å². The second-order valence-electron chi connectivity index (χ2n) is 8.77. The average molecular weight is 444 g/mol. The molecule has 1 aliphatic heterocycles. The number of nitrogens with zero attached hydrogens (tertiary/aromatic N) is 4. The normalized spacial score (nSPS) is 15.4. The lowest BCUT2D eigenvalue weighted by molar-refractivity contribution is 0.0999. The van der Waals surface area contributed by atoms with Crippen LogP contribution in [0.4, 0.5) is 5.69 Å². The number of aromatic nitrogens is 2. The van der Waals surface area contributed by atoms with E-state index in [-0.39, 0.29) is 0 Å². The van der Waals surface area contributed by atoms with Gasteiger partial charge in [-0.1, -0.05) is 6.07 Å². The van der Waals surface area contributed by atoms with E-state index < -0.39 is 5.91 Å². The summed E-state index contributed by atoms with van der Waals surface area (Å²) < 4.78 is 5.21. The molecule has 0 atom stereocenters. The Morgan fingerprint density at radius 3 is 2.64 bits per heavy atom. The summed E-state index contributed by atoms with van der Waals surface area (Å²) in [6.45, 7) is 7.73. The molecule has 0 saturated carbocycles. The van der Waals surface area contributed by atoms with E-state index in [9.17, 15) is 4.79 Å². The summed E-state index contributed by atoms with van der Waals surface area (Å²) in [5.74, 6) is -0.421. The van der Waals surface area contributed by atoms with Gasteiger partial charge in [-0.2, -0.15) is 0 Å². The molecule has 2 aromatic heterocycles. The number of primary amides is 1. The first-order valence-corrected chi connectivity index (χ1v) is 11.4. The first-order chi connectivity index (χ1) is 16.0. The number of hydrogen-bond acceptors (Lipinski definition) is 6.